The summed E-state index contributed by atoms with van der Waals surface area (Å²) in [6.45, 7) is 3.88. The highest BCUT2D eigenvalue weighted by atomic mass is 35.5. The van der Waals surface area contributed by atoms with Gasteiger partial charge >= 0.3 is 0 Å². The van der Waals surface area contributed by atoms with Crippen LogP contribution < -0.4 is 0 Å². The lowest BCUT2D eigenvalue weighted by atomic mass is 10.2. The molecule has 0 radical (unpaired) electrons. The Hall–Kier alpha value is -2.51. The van der Waals surface area contributed by atoms with E-state index in [2.05, 4.69) is 22.0 Å². The quantitative estimate of drug-likeness (QED) is 0.604. The van der Waals surface area contributed by atoms with Crippen LogP contribution in [0.2, 0.25) is 5.02 Å². The maximum Gasteiger partial charge on any atom is 0.189 e. The Bertz CT molecular complexity index is 913. The molecule has 2 aromatic carbocycles. The summed E-state index contributed by atoms with van der Waals surface area (Å²) in [7, 11) is -3.24. The first-order valence-corrected chi connectivity index (χ1v) is 10.0. The fraction of sp³-hybridized carbons (Fsp3) is 0.167. The van der Waals surface area contributed by atoms with E-state index in [4.69, 9.17) is 11.6 Å². The second-order valence-corrected chi connectivity index (χ2v) is 7.91. The molecular weight excluding hydrogens is 372 g/mol. The Morgan fingerprint density at radius 3 is 2.19 bits per heavy atom. The van der Waals surface area contributed by atoms with Gasteiger partial charge in [-0.05, 0) is 22.9 Å². The highest BCUT2D eigenvalue weighted by Gasteiger charge is 2.14. The monoisotopic (exact) mass is 390 g/mol. The average molecular weight is 391 g/mol. The van der Waals surface area contributed by atoms with Crippen molar-refractivity contribution in [1.82, 2.24) is 20.2 Å². The minimum atomic E-state index is -3.24. The molecule has 0 amide bonds. The van der Waals surface area contributed by atoms with Gasteiger partial charge in [-0.2, -0.15) is 4.80 Å². The fourth-order valence-electron chi connectivity index (χ4n) is 2.00. The van der Waals surface area contributed by atoms with Gasteiger partial charge in [-0.3, -0.25) is 0 Å². The van der Waals surface area contributed by atoms with Gasteiger partial charge in [0.25, 0.3) is 0 Å². The van der Waals surface area contributed by atoms with Crippen LogP contribution in [0.15, 0.2) is 73.3 Å². The molecule has 1 aromatic heterocycles. The van der Waals surface area contributed by atoms with E-state index in [1.165, 1.54) is 10.9 Å². The zero-order valence-electron chi connectivity index (χ0n) is 14.1. The normalized spacial score (nSPS) is 10.7. The molecule has 6 nitrogen and oxygen atoms in total. The second kappa shape index (κ2) is 9.84. The molecule has 0 bridgehead atoms. The minimum Gasteiger partial charge on any atom is -0.228 e. The van der Waals surface area contributed by atoms with Crippen molar-refractivity contribution in [2.24, 2.45) is 0 Å². The molecule has 1 heterocycles. The molecule has 0 aliphatic heterocycles. The number of aromatic nitrogens is 4. The summed E-state index contributed by atoms with van der Waals surface area (Å²) in [5.74, 6) is -0.0913. The summed E-state index contributed by atoms with van der Waals surface area (Å²) in [6, 6.07) is 19.1. The van der Waals surface area contributed by atoms with Gasteiger partial charge in [-0.25, -0.2) is 8.42 Å². The van der Waals surface area contributed by atoms with Crippen LogP contribution in [0.1, 0.15) is 11.4 Å². The van der Waals surface area contributed by atoms with E-state index in [0.29, 0.717) is 6.54 Å². The van der Waals surface area contributed by atoms with Crippen molar-refractivity contribution in [3.63, 3.8) is 0 Å². The zero-order chi connectivity index (χ0) is 18.8. The number of tetrazole rings is 1. The van der Waals surface area contributed by atoms with E-state index < -0.39 is 9.84 Å². The average Bonchev–Trinajstić information content (AvgIpc) is 3.03. The maximum absolute atomic E-state index is 11.6. The van der Waals surface area contributed by atoms with Crippen LogP contribution in [0.25, 0.3) is 0 Å². The van der Waals surface area contributed by atoms with E-state index in [-0.39, 0.29) is 17.3 Å². The molecule has 0 saturated heterocycles. The summed E-state index contributed by atoms with van der Waals surface area (Å²) in [5, 5.41) is 12.4. The van der Waals surface area contributed by atoms with Gasteiger partial charge in [-0.1, -0.05) is 66.2 Å². The van der Waals surface area contributed by atoms with Gasteiger partial charge in [-0.15, -0.1) is 16.8 Å². The minimum absolute atomic E-state index is 0.0831. The van der Waals surface area contributed by atoms with Crippen LogP contribution >= 0.6 is 11.6 Å². The Morgan fingerprint density at radius 1 is 1.04 bits per heavy atom. The van der Waals surface area contributed by atoms with Gasteiger partial charge in [0.05, 0.1) is 12.3 Å². The fourth-order valence-corrected chi connectivity index (χ4v) is 3.13. The first-order chi connectivity index (χ1) is 12.5. The van der Waals surface area contributed by atoms with Crippen molar-refractivity contribution in [2.75, 3.05) is 5.75 Å². The molecule has 0 saturated carbocycles. The SMILES string of the molecule is C=CCS(=O)(=O)Cc1nnn(Cc2ccccc2)n1.Clc1ccccc1. The number of halogens is 1. The summed E-state index contributed by atoms with van der Waals surface area (Å²) in [5.41, 5.74) is 1.03. The number of rotatable bonds is 6. The maximum atomic E-state index is 11.6. The van der Waals surface area contributed by atoms with E-state index in [1.54, 1.807) is 0 Å². The number of hydrogen-bond donors (Lipinski definition) is 0. The number of nitrogens with zero attached hydrogens (tertiary/aromatic N) is 4. The highest BCUT2D eigenvalue weighted by molar-refractivity contribution is 7.90. The van der Waals surface area contributed by atoms with Crippen LogP contribution in [0.4, 0.5) is 0 Å². The van der Waals surface area contributed by atoms with Gasteiger partial charge in [0.2, 0.25) is 0 Å². The molecule has 136 valence electrons. The molecule has 8 heteroatoms. The van der Waals surface area contributed by atoms with Crippen LogP contribution in [-0.4, -0.2) is 34.4 Å². The van der Waals surface area contributed by atoms with Crippen molar-refractivity contribution < 1.29 is 8.42 Å². The first-order valence-electron chi connectivity index (χ1n) is 7.81. The molecule has 0 atom stereocenters. The molecule has 26 heavy (non-hydrogen) atoms. The number of hydrogen-bond acceptors (Lipinski definition) is 5. The third-order valence-electron chi connectivity index (χ3n) is 3.11. The van der Waals surface area contributed by atoms with Gasteiger partial charge < -0.3 is 0 Å². The van der Waals surface area contributed by atoms with Crippen molar-refractivity contribution in [2.45, 2.75) is 12.3 Å². The van der Waals surface area contributed by atoms with E-state index in [0.717, 1.165) is 10.6 Å². The van der Waals surface area contributed by atoms with Crippen LogP contribution in [0.5, 0.6) is 0 Å². The largest absolute Gasteiger partial charge is 0.228 e. The standard InChI is InChI=1S/C12H14N4O2S.C6H5Cl/c1-2-8-19(17,18)10-12-13-15-16(14-12)9-11-6-4-3-5-7-11;7-6-4-2-1-3-5-6/h2-7H,1,8-10H2;1-5H. The number of benzene rings is 2. The summed E-state index contributed by atoms with van der Waals surface area (Å²) < 4.78 is 23.2. The molecular formula is C18H19ClN4O2S. The predicted molar refractivity (Wildman–Crippen MR) is 103 cm³/mol. The van der Waals surface area contributed by atoms with Crippen LogP contribution in [-0.2, 0) is 22.1 Å². The van der Waals surface area contributed by atoms with Gasteiger partial charge in [0, 0.05) is 5.02 Å². The number of sulfone groups is 1. The molecule has 0 N–H and O–H groups in total. The van der Waals surface area contributed by atoms with E-state index in [1.807, 2.05) is 60.7 Å². The van der Waals surface area contributed by atoms with Crippen molar-refractivity contribution in [3.05, 3.63) is 89.7 Å². The summed E-state index contributed by atoms with van der Waals surface area (Å²) >= 11 is 5.54. The second-order valence-electron chi connectivity index (χ2n) is 5.36. The van der Waals surface area contributed by atoms with E-state index >= 15 is 0 Å². The Balaban J connectivity index is 0.000000290. The molecule has 0 aliphatic rings. The lowest BCUT2D eigenvalue weighted by molar-refractivity contribution is 0.570. The summed E-state index contributed by atoms with van der Waals surface area (Å²) in [4.78, 5) is 1.38. The first kappa shape index (κ1) is 19.8. The molecule has 0 aliphatic carbocycles. The lowest BCUT2D eigenvalue weighted by Gasteiger charge is -1.98. The third-order valence-corrected chi connectivity index (χ3v) is 4.81. The van der Waals surface area contributed by atoms with Crippen LogP contribution in [0, 0.1) is 0 Å². The Labute approximate surface area is 158 Å². The van der Waals surface area contributed by atoms with E-state index in [9.17, 15) is 8.42 Å². The lowest BCUT2D eigenvalue weighted by Crippen LogP contribution is -2.09. The Morgan fingerprint density at radius 2 is 1.65 bits per heavy atom. The molecule has 3 rings (SSSR count). The summed E-state index contributed by atoms with van der Waals surface area (Å²) in [6.07, 6.45) is 1.35. The predicted octanol–water partition coefficient (Wildman–Crippen LogP) is 3.16. The van der Waals surface area contributed by atoms with Crippen molar-refractivity contribution in [3.8, 4) is 0 Å². The molecule has 3 aromatic rings. The molecule has 0 spiro atoms. The van der Waals surface area contributed by atoms with Crippen molar-refractivity contribution in [1.29, 1.82) is 0 Å². The molecule has 0 fully saturated rings. The zero-order valence-corrected chi connectivity index (χ0v) is 15.6. The van der Waals surface area contributed by atoms with Crippen molar-refractivity contribution >= 4 is 21.4 Å². The topological polar surface area (TPSA) is 77.7 Å². The molecule has 0 unspecified atom stereocenters. The smallest absolute Gasteiger partial charge is 0.189 e. The van der Waals surface area contributed by atoms with Gasteiger partial charge in [0.1, 0.15) is 5.75 Å². The van der Waals surface area contributed by atoms with Crippen LogP contribution in [0.3, 0.4) is 0 Å². The Kier molecular flexibility index (Phi) is 7.50. The third kappa shape index (κ3) is 7.16. The van der Waals surface area contributed by atoms with Gasteiger partial charge in [0.15, 0.2) is 15.7 Å². The highest BCUT2D eigenvalue weighted by Crippen LogP contribution is 2.04.